The van der Waals surface area contributed by atoms with Gasteiger partial charge in [-0.15, -0.1) is 0 Å². The summed E-state index contributed by atoms with van der Waals surface area (Å²) in [5.74, 6) is 0.980. The number of ether oxygens (including phenoxy) is 1. The van der Waals surface area contributed by atoms with Crippen molar-refractivity contribution in [1.82, 2.24) is 19.6 Å². The Morgan fingerprint density at radius 3 is 1.24 bits per heavy atom. The molecule has 0 bridgehead atoms. The highest BCUT2D eigenvalue weighted by molar-refractivity contribution is 5.72. The molecule has 298 valence electrons. The van der Waals surface area contributed by atoms with Crippen LogP contribution in [0.4, 0.5) is 0 Å². The van der Waals surface area contributed by atoms with E-state index in [4.69, 9.17) is 4.74 Å². The summed E-state index contributed by atoms with van der Waals surface area (Å²) < 4.78 is 5.43. The van der Waals surface area contributed by atoms with Crippen molar-refractivity contribution in [2.45, 2.75) is 184 Å². The molecule has 5 rings (SSSR count). The molecule has 0 saturated carbocycles. The predicted molar refractivity (Wildman–Crippen MR) is 222 cm³/mol. The zero-order valence-corrected chi connectivity index (χ0v) is 35.4. The Morgan fingerprint density at radius 1 is 0.549 bits per heavy atom. The van der Waals surface area contributed by atoms with Gasteiger partial charge in [0.25, 0.3) is 0 Å². The maximum absolute atomic E-state index is 12.1. The van der Waals surface area contributed by atoms with Gasteiger partial charge in [0.1, 0.15) is 6.61 Å². The molecule has 4 heterocycles. The molecular formula is C45H86N4O2. The molecule has 0 unspecified atom stereocenters. The summed E-state index contributed by atoms with van der Waals surface area (Å²) in [4.78, 5) is 22.2. The third-order valence-electron chi connectivity index (χ3n) is 11.1. The molecule has 4 saturated heterocycles. The molecular weight excluding hydrogens is 629 g/mol. The second kappa shape index (κ2) is 22.0. The van der Waals surface area contributed by atoms with Crippen molar-refractivity contribution in [2.75, 3.05) is 52.4 Å². The van der Waals surface area contributed by atoms with Crippen molar-refractivity contribution in [3.63, 3.8) is 0 Å². The second-order valence-electron chi connectivity index (χ2n) is 19.4. The van der Waals surface area contributed by atoms with Crippen LogP contribution in [0.5, 0.6) is 0 Å². The van der Waals surface area contributed by atoms with Gasteiger partial charge in [-0.25, -0.2) is 0 Å². The molecule has 0 N–H and O–H groups in total. The molecule has 4 fully saturated rings. The Kier molecular flexibility index (Phi) is 20.5. The van der Waals surface area contributed by atoms with Crippen molar-refractivity contribution in [3.8, 4) is 0 Å². The van der Waals surface area contributed by atoms with Gasteiger partial charge in [-0.3, -0.25) is 24.4 Å². The van der Waals surface area contributed by atoms with E-state index >= 15 is 0 Å². The molecule has 0 aliphatic carbocycles. The van der Waals surface area contributed by atoms with Crippen LogP contribution in [-0.2, 0) is 16.1 Å². The molecule has 0 aromatic heterocycles. The summed E-state index contributed by atoms with van der Waals surface area (Å²) >= 11 is 0. The lowest BCUT2D eigenvalue weighted by Gasteiger charge is -2.40. The minimum atomic E-state index is -0.0394. The van der Waals surface area contributed by atoms with Gasteiger partial charge in [-0.2, -0.15) is 0 Å². The highest BCUT2D eigenvalue weighted by atomic mass is 16.5. The van der Waals surface area contributed by atoms with E-state index in [2.05, 4.69) is 110 Å². The monoisotopic (exact) mass is 715 g/mol. The second-order valence-corrected chi connectivity index (χ2v) is 19.4. The number of esters is 1. The Hall–Kier alpha value is -1.47. The molecule has 4 aliphatic heterocycles. The van der Waals surface area contributed by atoms with Gasteiger partial charge in [-0.1, -0.05) is 51.1 Å². The van der Waals surface area contributed by atoms with Gasteiger partial charge in [0.05, 0.1) is 5.92 Å². The largest absolute Gasteiger partial charge is 0.461 e. The van der Waals surface area contributed by atoms with Crippen LogP contribution < -0.4 is 0 Å². The minimum Gasteiger partial charge on any atom is -0.461 e. The molecule has 0 radical (unpaired) electrons. The van der Waals surface area contributed by atoms with Crippen molar-refractivity contribution in [3.05, 3.63) is 35.9 Å². The number of rotatable bonds is 3. The van der Waals surface area contributed by atoms with Gasteiger partial charge in [0, 0.05) is 22.2 Å². The fourth-order valence-electron chi connectivity index (χ4n) is 7.26. The summed E-state index contributed by atoms with van der Waals surface area (Å²) in [5, 5.41) is 0. The number of nitrogens with zero attached hydrogens (tertiary/aromatic N) is 4. The SMILES string of the molecule is C.CC(C)(C)N1CCC(C(=O)OCc2ccccc2)CC1.CC(C)(C)N1CCCC1.CC(C)(C)N1CCCCC1.CC1CCN(C(C)(C)C)CC1. The van der Waals surface area contributed by atoms with E-state index in [1.165, 1.54) is 84.2 Å². The Bertz CT molecular complexity index is 1030. The molecule has 1 aromatic carbocycles. The predicted octanol–water partition coefficient (Wildman–Crippen LogP) is 10.5. The van der Waals surface area contributed by atoms with Crippen molar-refractivity contribution in [2.24, 2.45) is 11.8 Å². The van der Waals surface area contributed by atoms with Gasteiger partial charge < -0.3 is 4.74 Å². The number of hydrogen-bond acceptors (Lipinski definition) is 6. The zero-order chi connectivity index (χ0) is 37.6. The first-order valence-electron chi connectivity index (χ1n) is 20.4. The van der Waals surface area contributed by atoms with Crippen LogP contribution in [0.15, 0.2) is 30.3 Å². The van der Waals surface area contributed by atoms with Gasteiger partial charge in [-0.05, 0) is 198 Å². The Morgan fingerprint density at radius 2 is 0.882 bits per heavy atom. The van der Waals surface area contributed by atoms with E-state index in [0.29, 0.717) is 23.2 Å². The van der Waals surface area contributed by atoms with E-state index in [1.54, 1.807) is 0 Å². The maximum Gasteiger partial charge on any atom is 0.309 e. The van der Waals surface area contributed by atoms with E-state index in [-0.39, 0.29) is 24.9 Å². The lowest BCUT2D eigenvalue weighted by Crippen LogP contribution is -2.47. The molecule has 1 aromatic rings. The standard InChI is InChI=1S/C17H25NO2.C10H21N.C9H19N.C8H17N.CH4/c1-17(2,3)18-11-9-15(10-12-18)16(19)20-13-14-7-5-4-6-8-14;1-9-5-7-11(8-6-9)10(2,3)4;1-9(2,3)10-7-5-4-6-8-10;1-8(2,3)9-6-4-5-7-9;/h4-8,15H,9-13H2,1-3H3;9H,5-8H2,1-4H3;4-8H2,1-3H3;4-7H2,1-3H3;1H4. The van der Waals surface area contributed by atoms with Crippen molar-refractivity contribution < 1.29 is 9.53 Å². The number of benzene rings is 1. The number of likely N-dealkylation sites (tertiary alicyclic amines) is 4. The number of piperidine rings is 3. The van der Waals surface area contributed by atoms with Crippen LogP contribution in [0.3, 0.4) is 0 Å². The van der Waals surface area contributed by atoms with Crippen LogP contribution in [0.1, 0.15) is 161 Å². The number of carbonyl (C=O) groups is 1. The first-order valence-corrected chi connectivity index (χ1v) is 20.4. The summed E-state index contributed by atoms with van der Waals surface area (Å²) in [6.07, 6.45) is 11.6. The van der Waals surface area contributed by atoms with E-state index in [9.17, 15) is 4.79 Å². The summed E-state index contributed by atoms with van der Waals surface area (Å²) in [5.41, 5.74) is 2.45. The quantitative estimate of drug-likeness (QED) is 0.290. The average molecular weight is 715 g/mol. The minimum absolute atomic E-state index is 0. The lowest BCUT2D eigenvalue weighted by molar-refractivity contribution is -0.152. The Balaban J connectivity index is 0.000000360. The van der Waals surface area contributed by atoms with E-state index < -0.39 is 0 Å². The molecule has 4 aliphatic rings. The summed E-state index contributed by atoms with van der Waals surface area (Å²) in [7, 11) is 0. The van der Waals surface area contributed by atoms with Crippen LogP contribution in [0.25, 0.3) is 0 Å². The highest BCUT2D eigenvalue weighted by Crippen LogP contribution is 2.26. The van der Waals surface area contributed by atoms with Crippen molar-refractivity contribution >= 4 is 5.97 Å². The van der Waals surface area contributed by atoms with Crippen LogP contribution in [0, 0.1) is 11.8 Å². The zero-order valence-electron chi connectivity index (χ0n) is 35.4. The fourth-order valence-corrected chi connectivity index (χ4v) is 7.26. The molecule has 0 atom stereocenters. The first-order chi connectivity index (χ1) is 23.2. The van der Waals surface area contributed by atoms with Gasteiger partial charge >= 0.3 is 5.97 Å². The average Bonchev–Trinajstić information content (AvgIpc) is 3.61. The Labute approximate surface area is 318 Å². The van der Waals surface area contributed by atoms with Gasteiger partial charge in [0.2, 0.25) is 0 Å². The summed E-state index contributed by atoms with van der Waals surface area (Å²) in [6.45, 7) is 39.9. The van der Waals surface area contributed by atoms with Crippen LogP contribution in [-0.4, -0.2) is 100 Å². The fraction of sp³-hybridized carbons (Fsp3) is 0.844. The molecule has 6 heteroatoms. The smallest absolute Gasteiger partial charge is 0.309 e. The van der Waals surface area contributed by atoms with Crippen molar-refractivity contribution in [1.29, 1.82) is 0 Å². The van der Waals surface area contributed by atoms with E-state index in [1.807, 2.05) is 30.3 Å². The van der Waals surface area contributed by atoms with E-state index in [0.717, 1.165) is 37.4 Å². The molecule has 6 nitrogen and oxygen atoms in total. The van der Waals surface area contributed by atoms with Crippen LogP contribution in [0.2, 0.25) is 0 Å². The highest BCUT2D eigenvalue weighted by Gasteiger charge is 2.31. The number of carbonyl (C=O) groups excluding carboxylic acids is 1. The number of hydrogen-bond donors (Lipinski definition) is 0. The third-order valence-corrected chi connectivity index (χ3v) is 11.1. The molecule has 51 heavy (non-hydrogen) atoms. The summed E-state index contributed by atoms with van der Waals surface area (Å²) in [6, 6.07) is 9.86. The normalized spacial score (nSPS) is 20.8. The molecule has 0 amide bonds. The third kappa shape index (κ3) is 18.9. The molecule has 0 spiro atoms. The topological polar surface area (TPSA) is 39.3 Å². The lowest BCUT2D eigenvalue weighted by atomic mass is 9.93. The van der Waals surface area contributed by atoms with Gasteiger partial charge in [0.15, 0.2) is 0 Å². The first kappa shape index (κ1) is 47.6. The van der Waals surface area contributed by atoms with Crippen LogP contribution >= 0.6 is 0 Å². The maximum atomic E-state index is 12.1.